The Balaban J connectivity index is 1.57. The maximum atomic E-state index is 10.9. The van der Waals surface area contributed by atoms with Crippen molar-refractivity contribution in [2.24, 2.45) is 5.92 Å². The van der Waals surface area contributed by atoms with E-state index in [1.165, 1.54) is 32.6 Å². The van der Waals surface area contributed by atoms with E-state index in [1.807, 2.05) is 12.1 Å². The first-order valence-corrected chi connectivity index (χ1v) is 8.68. The molecule has 6 heteroatoms. The van der Waals surface area contributed by atoms with Gasteiger partial charge in [-0.05, 0) is 24.5 Å². The van der Waals surface area contributed by atoms with Crippen LogP contribution in [0.1, 0.15) is 49.8 Å². The Morgan fingerprint density at radius 3 is 3.00 bits per heavy atom. The van der Waals surface area contributed by atoms with Crippen LogP contribution < -0.4 is 5.32 Å². The second-order valence-electron chi connectivity index (χ2n) is 5.88. The van der Waals surface area contributed by atoms with Crippen molar-refractivity contribution in [3.05, 3.63) is 22.9 Å². The number of hydrogen-bond acceptors (Lipinski definition) is 5. The number of nitrogens with one attached hydrogen (secondary N) is 1. The smallest absolute Gasteiger partial charge is 0.226 e. The number of amides is 1. The molecule has 1 N–H and O–H groups in total. The van der Waals surface area contributed by atoms with Crippen molar-refractivity contribution < 1.29 is 9.32 Å². The second kappa shape index (κ2) is 7.05. The van der Waals surface area contributed by atoms with Gasteiger partial charge in [-0.15, -0.1) is 11.3 Å². The molecule has 1 saturated carbocycles. The zero-order valence-electron chi connectivity index (χ0n) is 12.8. The summed E-state index contributed by atoms with van der Waals surface area (Å²) in [6.07, 6.45) is 7.45. The maximum absolute atomic E-state index is 10.9. The van der Waals surface area contributed by atoms with Crippen molar-refractivity contribution in [2.75, 3.05) is 0 Å². The molecule has 0 radical (unpaired) electrons. The van der Waals surface area contributed by atoms with Crippen LogP contribution in [0.25, 0.3) is 10.7 Å². The van der Waals surface area contributed by atoms with Gasteiger partial charge in [0, 0.05) is 18.2 Å². The van der Waals surface area contributed by atoms with E-state index in [1.54, 1.807) is 11.3 Å². The highest BCUT2D eigenvalue weighted by molar-refractivity contribution is 7.15. The molecule has 2 aromatic heterocycles. The molecule has 1 aliphatic carbocycles. The Morgan fingerprint density at radius 2 is 2.23 bits per heavy atom. The van der Waals surface area contributed by atoms with Gasteiger partial charge < -0.3 is 9.84 Å². The third-order valence-corrected chi connectivity index (χ3v) is 5.18. The molecule has 1 amide bonds. The topological polar surface area (TPSA) is 68.0 Å². The van der Waals surface area contributed by atoms with Crippen molar-refractivity contribution in [2.45, 2.75) is 52.0 Å². The molecule has 3 rings (SSSR count). The number of hydrogen-bond donors (Lipinski definition) is 1. The first kappa shape index (κ1) is 15.2. The number of rotatable bonds is 6. The van der Waals surface area contributed by atoms with E-state index in [-0.39, 0.29) is 5.91 Å². The number of aryl methyl sites for hydroxylation is 1. The molecule has 22 heavy (non-hydrogen) atoms. The molecule has 118 valence electrons. The minimum atomic E-state index is -0.0243. The third-order valence-electron chi connectivity index (χ3n) is 4.10. The van der Waals surface area contributed by atoms with Crippen LogP contribution in [0.4, 0.5) is 0 Å². The van der Waals surface area contributed by atoms with Crippen LogP contribution in [0.5, 0.6) is 0 Å². The van der Waals surface area contributed by atoms with Crippen molar-refractivity contribution in [3.63, 3.8) is 0 Å². The molecule has 0 bridgehead atoms. The first-order valence-electron chi connectivity index (χ1n) is 7.87. The largest absolute Gasteiger partial charge is 0.351 e. The summed E-state index contributed by atoms with van der Waals surface area (Å²) in [5.41, 5.74) is 0. The molecule has 2 aromatic rings. The highest BCUT2D eigenvalue weighted by atomic mass is 32.1. The van der Waals surface area contributed by atoms with Gasteiger partial charge in [0.1, 0.15) is 0 Å². The summed E-state index contributed by atoms with van der Waals surface area (Å²) in [6, 6.07) is 3.97. The summed E-state index contributed by atoms with van der Waals surface area (Å²) in [4.78, 5) is 17.5. The maximum Gasteiger partial charge on any atom is 0.226 e. The fourth-order valence-corrected chi connectivity index (χ4v) is 3.76. The third kappa shape index (κ3) is 3.94. The molecule has 0 unspecified atom stereocenters. The summed E-state index contributed by atoms with van der Waals surface area (Å²) in [5.74, 6) is 2.20. The predicted molar refractivity (Wildman–Crippen MR) is 85.4 cm³/mol. The van der Waals surface area contributed by atoms with Gasteiger partial charge >= 0.3 is 0 Å². The van der Waals surface area contributed by atoms with Crippen LogP contribution in [-0.2, 0) is 17.8 Å². The molecule has 1 fully saturated rings. The molecule has 2 heterocycles. The molecule has 5 nitrogen and oxygen atoms in total. The van der Waals surface area contributed by atoms with Crippen LogP contribution >= 0.6 is 11.3 Å². The fourth-order valence-electron chi connectivity index (χ4n) is 2.89. The molecule has 0 saturated heterocycles. The van der Waals surface area contributed by atoms with Crippen LogP contribution in [0.2, 0.25) is 0 Å². The lowest BCUT2D eigenvalue weighted by Crippen LogP contribution is -2.17. The standard InChI is InChI=1S/C16H21N3O2S/c1-11(20)17-10-13-7-8-14(22-13)16-18-15(21-19-16)9-6-12-4-2-3-5-12/h7-8,12H,2-6,9-10H2,1H3,(H,17,20). The normalized spacial score (nSPS) is 15.3. The molecule has 0 aromatic carbocycles. The Kier molecular flexibility index (Phi) is 4.87. The number of thiophene rings is 1. The summed E-state index contributed by atoms with van der Waals surface area (Å²) < 4.78 is 5.36. The average Bonchev–Trinajstić information content (AvgIpc) is 3.23. The van der Waals surface area contributed by atoms with Crippen molar-refractivity contribution in [1.29, 1.82) is 0 Å². The Morgan fingerprint density at radius 1 is 1.41 bits per heavy atom. The zero-order chi connectivity index (χ0) is 15.4. The Bertz CT molecular complexity index is 629. The first-order chi connectivity index (χ1) is 10.7. The summed E-state index contributed by atoms with van der Waals surface area (Å²) >= 11 is 1.58. The second-order valence-corrected chi connectivity index (χ2v) is 7.04. The number of nitrogens with zero attached hydrogens (tertiary/aromatic N) is 2. The van der Waals surface area contributed by atoms with Crippen LogP contribution in [0, 0.1) is 5.92 Å². The van der Waals surface area contributed by atoms with Crippen LogP contribution in [0.15, 0.2) is 16.7 Å². The Hall–Kier alpha value is -1.69. The monoisotopic (exact) mass is 319 g/mol. The van der Waals surface area contributed by atoms with Crippen molar-refractivity contribution in [3.8, 4) is 10.7 Å². The van der Waals surface area contributed by atoms with E-state index >= 15 is 0 Å². The number of carbonyl (C=O) groups excluding carboxylic acids is 1. The fraction of sp³-hybridized carbons (Fsp3) is 0.562. The van der Waals surface area contributed by atoms with Crippen LogP contribution in [-0.4, -0.2) is 16.0 Å². The summed E-state index contributed by atoms with van der Waals surface area (Å²) in [7, 11) is 0. The van der Waals surface area contributed by atoms with E-state index in [0.717, 1.165) is 34.4 Å². The van der Waals surface area contributed by atoms with Gasteiger partial charge in [0.25, 0.3) is 0 Å². The van der Waals surface area contributed by atoms with Gasteiger partial charge in [-0.2, -0.15) is 4.98 Å². The van der Waals surface area contributed by atoms with E-state index in [0.29, 0.717) is 12.4 Å². The minimum absolute atomic E-state index is 0.0243. The lowest BCUT2D eigenvalue weighted by Gasteiger charge is -2.04. The highest BCUT2D eigenvalue weighted by Crippen LogP contribution is 2.29. The SMILES string of the molecule is CC(=O)NCc1ccc(-c2noc(CCC3CCCC3)n2)s1. The van der Waals surface area contributed by atoms with E-state index in [9.17, 15) is 4.79 Å². The van der Waals surface area contributed by atoms with Gasteiger partial charge in [0.05, 0.1) is 11.4 Å². The van der Waals surface area contributed by atoms with Crippen molar-refractivity contribution >= 4 is 17.2 Å². The average molecular weight is 319 g/mol. The van der Waals surface area contributed by atoms with Crippen LogP contribution in [0.3, 0.4) is 0 Å². The molecule has 0 aliphatic heterocycles. The molecular weight excluding hydrogens is 298 g/mol. The van der Waals surface area contributed by atoms with E-state index < -0.39 is 0 Å². The quantitative estimate of drug-likeness (QED) is 0.884. The molecule has 1 aliphatic rings. The molecule has 0 atom stereocenters. The summed E-state index contributed by atoms with van der Waals surface area (Å²) in [6.45, 7) is 2.07. The van der Waals surface area contributed by atoms with E-state index in [2.05, 4.69) is 15.5 Å². The predicted octanol–water partition coefficient (Wildman–Crippen LogP) is 3.56. The van der Waals surface area contributed by atoms with Gasteiger partial charge in [-0.25, -0.2) is 0 Å². The Labute approximate surface area is 134 Å². The van der Waals surface area contributed by atoms with Gasteiger partial charge in [0.15, 0.2) is 0 Å². The lowest BCUT2D eigenvalue weighted by molar-refractivity contribution is -0.119. The lowest BCUT2D eigenvalue weighted by atomic mass is 10.0. The van der Waals surface area contributed by atoms with Gasteiger partial charge in [0.2, 0.25) is 17.6 Å². The summed E-state index contributed by atoms with van der Waals surface area (Å²) in [5, 5.41) is 6.87. The number of carbonyl (C=O) groups is 1. The van der Waals surface area contributed by atoms with Crippen molar-refractivity contribution in [1.82, 2.24) is 15.5 Å². The highest BCUT2D eigenvalue weighted by Gasteiger charge is 2.17. The number of aromatic nitrogens is 2. The molecular formula is C16H21N3O2S. The van der Waals surface area contributed by atoms with E-state index in [4.69, 9.17) is 4.52 Å². The van der Waals surface area contributed by atoms with Gasteiger partial charge in [-0.3, -0.25) is 4.79 Å². The minimum Gasteiger partial charge on any atom is -0.351 e. The zero-order valence-corrected chi connectivity index (χ0v) is 13.6. The van der Waals surface area contributed by atoms with Gasteiger partial charge in [-0.1, -0.05) is 30.8 Å². The molecule has 0 spiro atoms.